The lowest BCUT2D eigenvalue weighted by Gasteiger charge is -2.32. The first-order valence-corrected chi connectivity index (χ1v) is 7.57. The van der Waals surface area contributed by atoms with Gasteiger partial charge in [0, 0.05) is 17.9 Å². The minimum absolute atomic E-state index is 0.369. The summed E-state index contributed by atoms with van der Waals surface area (Å²) in [5.74, 6) is 0. The highest BCUT2D eigenvalue weighted by Crippen LogP contribution is 2.46. The Bertz CT molecular complexity index is 311. The highest BCUT2D eigenvalue weighted by Gasteiger charge is 2.45. The second-order valence-electron chi connectivity index (χ2n) is 4.47. The van der Waals surface area contributed by atoms with Gasteiger partial charge >= 0.3 is 0 Å². The summed E-state index contributed by atoms with van der Waals surface area (Å²) in [5, 5.41) is 0. The highest BCUT2D eigenvalue weighted by atomic mass is 15.2. The molecule has 0 unspecified atom stereocenters. The van der Waals surface area contributed by atoms with Crippen LogP contribution in [-0.2, 0) is 5.54 Å². The molecule has 0 N–H and O–H groups in total. The Morgan fingerprint density at radius 1 is 1.06 bits per heavy atom. The number of nitrogens with zero attached hydrogens (tertiary/aromatic N) is 2. The maximum absolute atomic E-state index is 4.26. The summed E-state index contributed by atoms with van der Waals surface area (Å²) >= 11 is 0. The Hall–Kier alpha value is -0.890. The molecule has 2 aliphatic heterocycles. The number of fused-ring (bicyclic) bond motifs is 1. The van der Waals surface area contributed by atoms with E-state index in [-0.39, 0.29) is 0 Å². The third-order valence-electron chi connectivity index (χ3n) is 3.84. The molecule has 1 aromatic heterocycles. The van der Waals surface area contributed by atoms with Crippen molar-refractivity contribution in [3.8, 4) is 0 Å². The fourth-order valence-corrected chi connectivity index (χ4v) is 3.22. The van der Waals surface area contributed by atoms with Crippen LogP contribution in [0.2, 0.25) is 0 Å². The second kappa shape index (κ2) is 7.52. The lowest BCUT2D eigenvalue weighted by Crippen LogP contribution is -2.35. The molecule has 2 fully saturated rings. The molecule has 1 aromatic rings. The van der Waals surface area contributed by atoms with Gasteiger partial charge in [0.15, 0.2) is 0 Å². The van der Waals surface area contributed by atoms with Gasteiger partial charge in [0.1, 0.15) is 0 Å². The van der Waals surface area contributed by atoms with E-state index in [2.05, 4.69) is 28.2 Å². The summed E-state index contributed by atoms with van der Waals surface area (Å²) in [4.78, 5) is 6.91. The molecule has 0 aliphatic carbocycles. The van der Waals surface area contributed by atoms with Crippen LogP contribution in [0.25, 0.3) is 0 Å². The summed E-state index contributed by atoms with van der Waals surface area (Å²) in [6.07, 6.45) is 9.30. The van der Waals surface area contributed by atoms with Gasteiger partial charge < -0.3 is 0 Å². The number of rotatable bonds is 1. The minimum Gasteiger partial charge on any atom is -0.294 e. The van der Waals surface area contributed by atoms with E-state index in [1.165, 1.54) is 44.3 Å². The monoisotopic (exact) mass is 248 g/mol. The summed E-state index contributed by atoms with van der Waals surface area (Å²) in [6, 6.07) is 4.32. The number of pyridine rings is 1. The topological polar surface area (TPSA) is 16.1 Å². The van der Waals surface area contributed by atoms with Gasteiger partial charge in [-0.2, -0.15) is 0 Å². The van der Waals surface area contributed by atoms with E-state index in [9.17, 15) is 0 Å². The van der Waals surface area contributed by atoms with E-state index in [0.29, 0.717) is 5.54 Å². The zero-order valence-electron chi connectivity index (χ0n) is 12.4. The van der Waals surface area contributed by atoms with Crippen molar-refractivity contribution in [3.05, 3.63) is 30.1 Å². The molecule has 2 heteroatoms. The number of hydrogen-bond donors (Lipinski definition) is 0. The van der Waals surface area contributed by atoms with E-state index in [4.69, 9.17) is 0 Å². The molecule has 102 valence electrons. The smallest absolute Gasteiger partial charge is 0.0476 e. The van der Waals surface area contributed by atoms with Gasteiger partial charge in [0.25, 0.3) is 0 Å². The van der Waals surface area contributed by atoms with Crippen LogP contribution in [-0.4, -0.2) is 23.0 Å². The summed E-state index contributed by atoms with van der Waals surface area (Å²) < 4.78 is 0. The van der Waals surface area contributed by atoms with Crippen molar-refractivity contribution in [2.75, 3.05) is 13.1 Å². The molecule has 0 spiro atoms. The van der Waals surface area contributed by atoms with Gasteiger partial charge in [-0.25, -0.2) is 0 Å². The Labute approximate surface area is 112 Å². The first-order valence-electron chi connectivity index (χ1n) is 7.57. The molecular weight excluding hydrogens is 220 g/mol. The zero-order valence-corrected chi connectivity index (χ0v) is 12.4. The van der Waals surface area contributed by atoms with E-state index in [0.717, 1.165) is 0 Å². The van der Waals surface area contributed by atoms with Gasteiger partial charge in [-0.3, -0.25) is 9.88 Å². The highest BCUT2D eigenvalue weighted by molar-refractivity contribution is 5.24. The number of aromatic nitrogens is 1. The quantitative estimate of drug-likeness (QED) is 0.740. The molecular formula is C16H28N2. The van der Waals surface area contributed by atoms with Gasteiger partial charge in [0.2, 0.25) is 0 Å². The standard InChI is InChI=1S/C12H16N2.2C2H6/c1-4-11(10-13-7-1)12-5-2-8-14(12)9-3-6-12;2*1-2/h1,4,7,10H,2-3,5-6,8-9H2;2*1-2H3. The van der Waals surface area contributed by atoms with Crippen LogP contribution < -0.4 is 0 Å². The van der Waals surface area contributed by atoms with Gasteiger partial charge in [-0.05, 0) is 50.4 Å². The van der Waals surface area contributed by atoms with Gasteiger partial charge in [-0.15, -0.1) is 0 Å². The predicted molar refractivity (Wildman–Crippen MR) is 78.7 cm³/mol. The van der Waals surface area contributed by atoms with Crippen LogP contribution in [0.15, 0.2) is 24.5 Å². The van der Waals surface area contributed by atoms with Crippen LogP contribution in [0.5, 0.6) is 0 Å². The molecule has 18 heavy (non-hydrogen) atoms. The van der Waals surface area contributed by atoms with E-state index < -0.39 is 0 Å². The van der Waals surface area contributed by atoms with Gasteiger partial charge in [0.05, 0.1) is 0 Å². The Morgan fingerprint density at radius 3 is 2.17 bits per heavy atom. The largest absolute Gasteiger partial charge is 0.294 e. The SMILES string of the molecule is CC.CC.c1cncc(C23CCCN2CCC3)c1. The molecule has 0 bridgehead atoms. The van der Waals surface area contributed by atoms with Crippen molar-refractivity contribution in [1.82, 2.24) is 9.88 Å². The summed E-state index contributed by atoms with van der Waals surface area (Å²) in [6.45, 7) is 10.6. The normalized spacial score (nSPS) is 20.2. The van der Waals surface area contributed by atoms with Crippen molar-refractivity contribution in [1.29, 1.82) is 0 Å². The van der Waals surface area contributed by atoms with Crippen LogP contribution >= 0.6 is 0 Å². The van der Waals surface area contributed by atoms with Crippen LogP contribution in [0.4, 0.5) is 0 Å². The van der Waals surface area contributed by atoms with Crippen molar-refractivity contribution in [3.63, 3.8) is 0 Å². The predicted octanol–water partition coefficient (Wildman–Crippen LogP) is 4.22. The third kappa shape index (κ3) is 2.74. The van der Waals surface area contributed by atoms with Crippen molar-refractivity contribution in [2.45, 2.75) is 58.9 Å². The lowest BCUT2D eigenvalue weighted by molar-refractivity contribution is 0.197. The van der Waals surface area contributed by atoms with Crippen molar-refractivity contribution < 1.29 is 0 Å². The molecule has 0 radical (unpaired) electrons. The van der Waals surface area contributed by atoms with E-state index in [1.807, 2.05) is 33.9 Å². The maximum Gasteiger partial charge on any atom is 0.0476 e. The molecule has 0 amide bonds. The molecule has 0 atom stereocenters. The Morgan fingerprint density at radius 2 is 1.67 bits per heavy atom. The summed E-state index contributed by atoms with van der Waals surface area (Å²) in [5.41, 5.74) is 1.81. The van der Waals surface area contributed by atoms with Crippen molar-refractivity contribution in [2.24, 2.45) is 0 Å². The molecule has 0 saturated carbocycles. The van der Waals surface area contributed by atoms with Crippen LogP contribution in [0.3, 0.4) is 0 Å². The molecule has 0 aromatic carbocycles. The minimum atomic E-state index is 0.369. The fraction of sp³-hybridized carbons (Fsp3) is 0.688. The molecule has 3 heterocycles. The Balaban J connectivity index is 0.000000371. The van der Waals surface area contributed by atoms with Gasteiger partial charge in [-0.1, -0.05) is 33.8 Å². The zero-order chi connectivity index (χ0) is 13.4. The maximum atomic E-state index is 4.26. The molecule has 2 aliphatic rings. The Kier molecular flexibility index (Phi) is 6.34. The van der Waals surface area contributed by atoms with Crippen molar-refractivity contribution >= 4 is 0 Å². The fourth-order valence-electron chi connectivity index (χ4n) is 3.22. The van der Waals surface area contributed by atoms with E-state index >= 15 is 0 Å². The van der Waals surface area contributed by atoms with E-state index in [1.54, 1.807) is 0 Å². The first-order chi connectivity index (χ1) is 8.92. The third-order valence-corrected chi connectivity index (χ3v) is 3.84. The van der Waals surface area contributed by atoms with Crippen LogP contribution in [0.1, 0.15) is 58.9 Å². The summed E-state index contributed by atoms with van der Waals surface area (Å²) in [7, 11) is 0. The molecule has 2 nitrogen and oxygen atoms in total. The molecule has 3 rings (SSSR count). The first kappa shape index (κ1) is 15.2. The lowest BCUT2D eigenvalue weighted by atomic mass is 9.87. The van der Waals surface area contributed by atoms with Crippen LogP contribution in [0, 0.1) is 0 Å². The average molecular weight is 248 g/mol. The average Bonchev–Trinajstić information content (AvgIpc) is 3.04. The number of hydrogen-bond acceptors (Lipinski definition) is 2. The second-order valence-corrected chi connectivity index (χ2v) is 4.47. The molecule has 2 saturated heterocycles.